The first-order valence-corrected chi connectivity index (χ1v) is 10.1. The van der Waals surface area contributed by atoms with E-state index in [1.807, 2.05) is 19.1 Å². The van der Waals surface area contributed by atoms with Crippen molar-refractivity contribution in [1.29, 1.82) is 0 Å². The third-order valence-corrected chi connectivity index (χ3v) is 5.99. The Morgan fingerprint density at radius 2 is 2.07 bits per heavy atom. The molecule has 1 aromatic carbocycles. The van der Waals surface area contributed by atoms with Crippen LogP contribution in [-0.2, 0) is 0 Å². The van der Waals surface area contributed by atoms with E-state index < -0.39 is 0 Å². The second-order valence-electron chi connectivity index (χ2n) is 6.96. The number of thiophene rings is 1. The van der Waals surface area contributed by atoms with Gasteiger partial charge < -0.3 is 9.73 Å². The van der Waals surface area contributed by atoms with Gasteiger partial charge >= 0.3 is 0 Å². The van der Waals surface area contributed by atoms with E-state index in [4.69, 9.17) is 4.42 Å². The maximum Gasteiger partial charge on any atom is 0.287 e. The van der Waals surface area contributed by atoms with E-state index in [0.29, 0.717) is 17.5 Å². The molecule has 0 saturated carbocycles. The summed E-state index contributed by atoms with van der Waals surface area (Å²) in [5.74, 6) is -0.291. The number of benzene rings is 1. The molecule has 27 heavy (non-hydrogen) atoms. The van der Waals surface area contributed by atoms with Crippen LogP contribution in [0.25, 0.3) is 11.0 Å². The highest BCUT2D eigenvalue weighted by Gasteiger charge is 2.25. The molecule has 0 spiro atoms. The predicted molar refractivity (Wildman–Crippen MR) is 107 cm³/mol. The molecule has 0 radical (unpaired) electrons. The number of nitrogens with one attached hydrogen (secondary N) is 1. The smallest absolute Gasteiger partial charge is 0.287 e. The van der Waals surface area contributed by atoms with Crippen LogP contribution in [0.5, 0.6) is 0 Å². The summed E-state index contributed by atoms with van der Waals surface area (Å²) in [6.07, 6.45) is 2.38. The Bertz CT molecular complexity index is 1000. The molecule has 1 atom stereocenters. The summed E-state index contributed by atoms with van der Waals surface area (Å²) in [5.41, 5.74) is 1.23. The zero-order valence-corrected chi connectivity index (χ0v) is 16.1. The largest absolute Gasteiger partial charge is 0.451 e. The van der Waals surface area contributed by atoms with Crippen LogP contribution < -0.4 is 10.7 Å². The second-order valence-corrected chi connectivity index (χ2v) is 7.94. The average molecular weight is 382 g/mol. The van der Waals surface area contributed by atoms with Crippen LogP contribution in [0.1, 0.15) is 39.9 Å². The van der Waals surface area contributed by atoms with Crippen LogP contribution in [-0.4, -0.2) is 30.4 Å². The molecule has 1 aliphatic rings. The van der Waals surface area contributed by atoms with E-state index in [9.17, 15) is 9.59 Å². The zero-order valence-electron chi connectivity index (χ0n) is 15.2. The molecule has 0 bridgehead atoms. The fraction of sp³-hybridized carbons (Fsp3) is 0.333. The van der Waals surface area contributed by atoms with Crippen LogP contribution in [0, 0.1) is 6.92 Å². The molecule has 140 valence electrons. The van der Waals surface area contributed by atoms with E-state index in [2.05, 4.69) is 21.7 Å². The maximum atomic E-state index is 12.7. The number of hydrogen-bond donors (Lipinski definition) is 1. The molecule has 1 unspecified atom stereocenters. The fourth-order valence-corrected chi connectivity index (χ4v) is 4.46. The SMILES string of the molecule is Cc1ccc2c(=O)cc(C(=O)NCC(c3cccs3)N3CCCC3)oc2c1. The lowest BCUT2D eigenvalue weighted by molar-refractivity contribution is 0.0911. The molecule has 0 aliphatic carbocycles. The van der Waals surface area contributed by atoms with E-state index >= 15 is 0 Å². The summed E-state index contributed by atoms with van der Waals surface area (Å²) in [6.45, 7) is 4.51. The zero-order chi connectivity index (χ0) is 18.8. The van der Waals surface area contributed by atoms with Gasteiger partial charge in [0.2, 0.25) is 0 Å². The number of fused-ring (bicyclic) bond motifs is 1. The maximum absolute atomic E-state index is 12.7. The topological polar surface area (TPSA) is 62.6 Å². The van der Waals surface area contributed by atoms with Crippen LogP contribution in [0.2, 0.25) is 0 Å². The number of hydrogen-bond acceptors (Lipinski definition) is 5. The first kappa shape index (κ1) is 17.9. The number of amides is 1. The lowest BCUT2D eigenvalue weighted by atomic mass is 10.1. The Hall–Kier alpha value is -2.44. The van der Waals surface area contributed by atoms with Crippen LogP contribution in [0.3, 0.4) is 0 Å². The molecule has 3 aromatic rings. The summed E-state index contributed by atoms with van der Waals surface area (Å²) in [5, 5.41) is 5.52. The molecule has 1 N–H and O–H groups in total. The lowest BCUT2D eigenvalue weighted by Crippen LogP contribution is -2.36. The monoisotopic (exact) mass is 382 g/mol. The standard InChI is InChI=1S/C21H22N2O3S/c1-14-6-7-15-17(24)12-19(26-18(15)11-14)21(25)22-13-16(20-5-4-10-27-20)23-8-2-3-9-23/h4-7,10-12,16H,2-3,8-9,13H2,1H3,(H,22,25). The molecule has 1 saturated heterocycles. The quantitative estimate of drug-likeness (QED) is 0.730. The first-order chi connectivity index (χ1) is 13.1. The number of rotatable bonds is 5. The van der Waals surface area contributed by atoms with Crippen molar-refractivity contribution in [3.05, 3.63) is 68.2 Å². The molecule has 3 heterocycles. The van der Waals surface area contributed by atoms with Gasteiger partial charge in [-0.15, -0.1) is 11.3 Å². The Morgan fingerprint density at radius 1 is 1.26 bits per heavy atom. The Kier molecular flexibility index (Phi) is 5.09. The number of aryl methyl sites for hydroxylation is 1. The van der Waals surface area contributed by atoms with Crippen molar-refractivity contribution in [3.8, 4) is 0 Å². The fourth-order valence-electron chi connectivity index (χ4n) is 3.59. The molecule has 1 amide bonds. The minimum Gasteiger partial charge on any atom is -0.451 e. The summed E-state index contributed by atoms with van der Waals surface area (Å²) >= 11 is 1.70. The number of carbonyl (C=O) groups is 1. The predicted octanol–water partition coefficient (Wildman–Crippen LogP) is 3.73. The Morgan fingerprint density at radius 3 is 2.81 bits per heavy atom. The molecular weight excluding hydrogens is 360 g/mol. The number of nitrogens with zero attached hydrogens (tertiary/aromatic N) is 1. The van der Waals surface area contributed by atoms with E-state index in [0.717, 1.165) is 18.7 Å². The molecule has 1 fully saturated rings. The van der Waals surface area contributed by atoms with Crippen LogP contribution >= 0.6 is 11.3 Å². The van der Waals surface area contributed by atoms with Gasteiger partial charge in [0.25, 0.3) is 5.91 Å². The second kappa shape index (κ2) is 7.66. The molecule has 2 aromatic heterocycles. The van der Waals surface area contributed by atoms with Gasteiger partial charge in [-0.3, -0.25) is 14.5 Å². The van der Waals surface area contributed by atoms with E-state index in [1.165, 1.54) is 23.8 Å². The van der Waals surface area contributed by atoms with Crippen molar-refractivity contribution in [2.24, 2.45) is 0 Å². The molecule has 5 nitrogen and oxygen atoms in total. The highest BCUT2D eigenvalue weighted by Crippen LogP contribution is 2.28. The summed E-state index contributed by atoms with van der Waals surface area (Å²) in [6, 6.07) is 11.0. The minimum atomic E-state index is -0.351. The highest BCUT2D eigenvalue weighted by atomic mass is 32.1. The van der Waals surface area contributed by atoms with Crippen molar-refractivity contribution in [2.75, 3.05) is 19.6 Å². The van der Waals surface area contributed by atoms with Gasteiger partial charge in [-0.2, -0.15) is 0 Å². The Labute approximate surface area is 161 Å². The van der Waals surface area contributed by atoms with Crippen LogP contribution in [0.4, 0.5) is 0 Å². The van der Waals surface area contributed by atoms with Crippen molar-refractivity contribution >= 4 is 28.2 Å². The molecule has 6 heteroatoms. The average Bonchev–Trinajstić information content (AvgIpc) is 3.35. The molecular formula is C21H22N2O3S. The van der Waals surface area contributed by atoms with Gasteiger partial charge in [-0.1, -0.05) is 12.1 Å². The lowest BCUT2D eigenvalue weighted by Gasteiger charge is -2.26. The van der Waals surface area contributed by atoms with Gasteiger partial charge in [0.1, 0.15) is 5.58 Å². The normalized spacial score (nSPS) is 15.9. The van der Waals surface area contributed by atoms with Crippen molar-refractivity contribution in [1.82, 2.24) is 10.2 Å². The number of carbonyl (C=O) groups excluding carboxylic acids is 1. The van der Waals surface area contributed by atoms with Gasteiger partial charge in [0.15, 0.2) is 11.2 Å². The van der Waals surface area contributed by atoms with Gasteiger partial charge in [-0.05, 0) is 62.0 Å². The highest BCUT2D eigenvalue weighted by molar-refractivity contribution is 7.10. The Balaban J connectivity index is 1.54. The molecule has 4 rings (SSSR count). The van der Waals surface area contributed by atoms with Crippen LogP contribution in [0.15, 0.2) is 51.0 Å². The van der Waals surface area contributed by atoms with Crippen molar-refractivity contribution in [3.63, 3.8) is 0 Å². The van der Waals surface area contributed by atoms with Crippen molar-refractivity contribution in [2.45, 2.75) is 25.8 Å². The summed E-state index contributed by atoms with van der Waals surface area (Å²) in [4.78, 5) is 28.6. The van der Waals surface area contributed by atoms with E-state index in [-0.39, 0.29) is 23.1 Å². The first-order valence-electron chi connectivity index (χ1n) is 9.22. The summed E-state index contributed by atoms with van der Waals surface area (Å²) < 4.78 is 5.71. The molecule has 1 aliphatic heterocycles. The van der Waals surface area contributed by atoms with Gasteiger partial charge in [0, 0.05) is 17.5 Å². The minimum absolute atomic E-state index is 0.0597. The third kappa shape index (κ3) is 3.82. The number of likely N-dealkylation sites (tertiary alicyclic amines) is 1. The van der Waals surface area contributed by atoms with Crippen molar-refractivity contribution < 1.29 is 9.21 Å². The van der Waals surface area contributed by atoms with Gasteiger partial charge in [-0.25, -0.2) is 0 Å². The van der Waals surface area contributed by atoms with Gasteiger partial charge in [0.05, 0.1) is 11.4 Å². The summed E-state index contributed by atoms with van der Waals surface area (Å²) in [7, 11) is 0. The third-order valence-electron chi connectivity index (χ3n) is 5.02. The van der Waals surface area contributed by atoms with E-state index in [1.54, 1.807) is 23.5 Å².